The van der Waals surface area contributed by atoms with Crippen LogP contribution in [0.1, 0.15) is 44.0 Å². The molecule has 1 aromatic heterocycles. The highest BCUT2D eigenvalue weighted by Gasteiger charge is 2.10. The minimum Gasteiger partial charge on any atom is -0.504 e. The van der Waals surface area contributed by atoms with Gasteiger partial charge in [-0.05, 0) is 37.6 Å². The summed E-state index contributed by atoms with van der Waals surface area (Å²) in [5.74, 6) is 1.16. The van der Waals surface area contributed by atoms with E-state index in [1.54, 1.807) is 23.5 Å². The Kier molecular flexibility index (Phi) is 7.90. The molecule has 0 bridgehead atoms. The van der Waals surface area contributed by atoms with Gasteiger partial charge in [0, 0.05) is 18.7 Å². The van der Waals surface area contributed by atoms with Crippen LogP contribution in [0.5, 0.6) is 23.0 Å². The third kappa shape index (κ3) is 6.35. The van der Waals surface area contributed by atoms with Gasteiger partial charge in [0.15, 0.2) is 18.1 Å². The summed E-state index contributed by atoms with van der Waals surface area (Å²) in [5, 5.41) is 14.0. The molecule has 0 saturated carbocycles. The van der Waals surface area contributed by atoms with Gasteiger partial charge in [0.05, 0.1) is 15.2 Å². The van der Waals surface area contributed by atoms with Crippen LogP contribution in [0.4, 0.5) is 0 Å². The highest BCUT2D eigenvalue weighted by Crippen LogP contribution is 2.35. The van der Waals surface area contributed by atoms with Gasteiger partial charge < -0.3 is 19.9 Å². The molecular formula is C23H28N2O4S. The van der Waals surface area contributed by atoms with Crippen LogP contribution < -0.4 is 14.8 Å². The van der Waals surface area contributed by atoms with E-state index in [0.29, 0.717) is 18.0 Å². The zero-order valence-electron chi connectivity index (χ0n) is 17.4. The monoisotopic (exact) mass is 428 g/mol. The molecule has 6 nitrogen and oxygen atoms in total. The van der Waals surface area contributed by atoms with Crippen molar-refractivity contribution in [2.24, 2.45) is 0 Å². The summed E-state index contributed by atoms with van der Waals surface area (Å²) in [5.41, 5.74) is 0.919. The molecule has 0 atom stereocenters. The van der Waals surface area contributed by atoms with E-state index in [2.05, 4.69) is 17.2 Å². The van der Waals surface area contributed by atoms with Crippen molar-refractivity contribution in [2.45, 2.75) is 46.0 Å². The normalized spacial score (nSPS) is 10.9. The van der Waals surface area contributed by atoms with Crippen LogP contribution in [0.2, 0.25) is 0 Å². The van der Waals surface area contributed by atoms with Gasteiger partial charge >= 0.3 is 0 Å². The van der Waals surface area contributed by atoms with Crippen molar-refractivity contribution in [3.8, 4) is 23.0 Å². The third-order valence-corrected chi connectivity index (χ3v) is 5.53. The fourth-order valence-corrected chi connectivity index (χ4v) is 3.89. The molecule has 0 fully saturated rings. The highest BCUT2D eigenvalue weighted by atomic mass is 32.1. The Morgan fingerprint density at radius 1 is 1.10 bits per heavy atom. The van der Waals surface area contributed by atoms with E-state index in [1.165, 1.54) is 25.3 Å². The molecule has 0 saturated heterocycles. The van der Waals surface area contributed by atoms with Crippen LogP contribution in [0.25, 0.3) is 10.2 Å². The predicted molar refractivity (Wildman–Crippen MR) is 120 cm³/mol. The van der Waals surface area contributed by atoms with E-state index in [1.807, 2.05) is 25.1 Å². The number of unbranched alkanes of at least 4 members (excludes halogenated alkanes) is 4. The third-order valence-electron chi connectivity index (χ3n) is 4.60. The van der Waals surface area contributed by atoms with E-state index < -0.39 is 0 Å². The summed E-state index contributed by atoms with van der Waals surface area (Å²) in [6, 6.07) is 10.3. The Morgan fingerprint density at radius 2 is 1.90 bits per heavy atom. The second-order valence-electron chi connectivity index (χ2n) is 7.15. The molecule has 1 amide bonds. The fraction of sp³-hybridized carbons (Fsp3) is 0.391. The van der Waals surface area contributed by atoms with E-state index >= 15 is 0 Å². The van der Waals surface area contributed by atoms with E-state index in [-0.39, 0.29) is 24.0 Å². The number of aromatic hydroxyl groups is 1. The number of amides is 1. The van der Waals surface area contributed by atoms with Crippen LogP contribution in [0, 0.1) is 6.92 Å². The van der Waals surface area contributed by atoms with Crippen molar-refractivity contribution < 1.29 is 19.4 Å². The maximum absolute atomic E-state index is 12.0. The first kappa shape index (κ1) is 21.9. The molecule has 7 heteroatoms. The zero-order valence-corrected chi connectivity index (χ0v) is 18.3. The summed E-state index contributed by atoms with van der Waals surface area (Å²) in [4.78, 5) is 16.4. The number of aryl methyl sites for hydroxylation is 1. The molecule has 3 aromatic rings. The molecule has 160 valence electrons. The molecule has 0 unspecified atom stereocenters. The van der Waals surface area contributed by atoms with Crippen molar-refractivity contribution >= 4 is 27.5 Å². The molecule has 1 heterocycles. The minimum absolute atomic E-state index is 0.000497. The smallest absolute Gasteiger partial charge is 0.257 e. The predicted octanol–water partition coefficient (Wildman–Crippen LogP) is 5.57. The fourth-order valence-electron chi connectivity index (χ4n) is 3.03. The lowest BCUT2D eigenvalue weighted by atomic mass is 10.1. The number of carbonyl (C=O) groups is 1. The number of phenolic OH excluding ortho intramolecular Hbond substituents is 1. The van der Waals surface area contributed by atoms with Crippen LogP contribution in [-0.2, 0) is 4.79 Å². The number of thiazole rings is 1. The number of carbonyl (C=O) groups excluding carboxylic acids is 1. The molecule has 2 N–H and O–H groups in total. The number of aromatic nitrogens is 1. The van der Waals surface area contributed by atoms with Crippen LogP contribution in [0.3, 0.4) is 0 Å². The van der Waals surface area contributed by atoms with Crippen LogP contribution in [0.15, 0.2) is 36.4 Å². The van der Waals surface area contributed by atoms with Crippen LogP contribution >= 0.6 is 11.3 Å². The molecule has 30 heavy (non-hydrogen) atoms. The molecule has 0 aliphatic rings. The van der Waals surface area contributed by atoms with Crippen molar-refractivity contribution in [2.75, 3.05) is 13.2 Å². The van der Waals surface area contributed by atoms with Gasteiger partial charge in [-0.2, -0.15) is 0 Å². The summed E-state index contributed by atoms with van der Waals surface area (Å²) in [6.07, 6.45) is 5.75. The average Bonchev–Trinajstić information content (AvgIpc) is 3.10. The lowest BCUT2D eigenvalue weighted by molar-refractivity contribution is -0.123. The standard InChI is InChI=1S/C23H28N2O4S/c1-3-4-5-6-7-12-24-23(27)15-28-17-9-11-20(26)21(13-17)29-18-8-10-19-22(14-18)30-16(2)25-19/h8-11,13-14,26H,3-7,12,15H2,1-2H3,(H,24,27). The van der Waals surface area contributed by atoms with Crippen LogP contribution in [-0.4, -0.2) is 29.1 Å². The maximum Gasteiger partial charge on any atom is 0.257 e. The summed E-state index contributed by atoms with van der Waals surface area (Å²) < 4.78 is 12.4. The summed E-state index contributed by atoms with van der Waals surface area (Å²) >= 11 is 1.58. The Morgan fingerprint density at radius 3 is 2.73 bits per heavy atom. The molecule has 0 spiro atoms. The number of nitrogens with one attached hydrogen (secondary N) is 1. The number of fused-ring (bicyclic) bond motifs is 1. The zero-order chi connectivity index (χ0) is 21.3. The Balaban J connectivity index is 1.52. The number of hydrogen-bond acceptors (Lipinski definition) is 6. The van der Waals surface area contributed by atoms with Gasteiger partial charge in [-0.1, -0.05) is 32.6 Å². The number of nitrogens with zero attached hydrogens (tertiary/aromatic N) is 1. The lowest BCUT2D eigenvalue weighted by Crippen LogP contribution is -2.29. The number of rotatable bonds is 11. The van der Waals surface area contributed by atoms with Gasteiger partial charge in [-0.3, -0.25) is 4.79 Å². The first-order valence-corrected chi connectivity index (χ1v) is 11.1. The molecule has 2 aromatic carbocycles. The minimum atomic E-state index is -0.160. The largest absolute Gasteiger partial charge is 0.504 e. The quantitative estimate of drug-likeness (QED) is 0.390. The van der Waals surface area contributed by atoms with E-state index in [4.69, 9.17) is 9.47 Å². The second kappa shape index (κ2) is 10.8. The first-order valence-electron chi connectivity index (χ1n) is 10.3. The number of hydrogen-bond donors (Lipinski definition) is 2. The molecule has 0 aliphatic carbocycles. The summed E-state index contributed by atoms with van der Waals surface area (Å²) in [7, 11) is 0. The van der Waals surface area contributed by atoms with Gasteiger partial charge in [-0.15, -0.1) is 11.3 Å². The van der Waals surface area contributed by atoms with Gasteiger partial charge in [0.2, 0.25) is 0 Å². The van der Waals surface area contributed by atoms with Crippen molar-refractivity contribution in [3.05, 3.63) is 41.4 Å². The number of phenols is 1. The first-order chi connectivity index (χ1) is 14.5. The van der Waals surface area contributed by atoms with E-state index in [0.717, 1.165) is 28.1 Å². The highest BCUT2D eigenvalue weighted by molar-refractivity contribution is 7.18. The van der Waals surface area contributed by atoms with Crippen molar-refractivity contribution in [1.82, 2.24) is 10.3 Å². The number of benzene rings is 2. The van der Waals surface area contributed by atoms with Gasteiger partial charge in [-0.25, -0.2) is 4.98 Å². The van der Waals surface area contributed by atoms with Gasteiger partial charge in [0.1, 0.15) is 11.5 Å². The van der Waals surface area contributed by atoms with Gasteiger partial charge in [0.25, 0.3) is 5.91 Å². The van der Waals surface area contributed by atoms with E-state index in [9.17, 15) is 9.90 Å². The Labute approximate surface area is 180 Å². The Hall–Kier alpha value is -2.80. The summed E-state index contributed by atoms with van der Waals surface area (Å²) in [6.45, 7) is 4.72. The van der Waals surface area contributed by atoms with Crippen molar-refractivity contribution in [3.63, 3.8) is 0 Å². The average molecular weight is 429 g/mol. The lowest BCUT2D eigenvalue weighted by Gasteiger charge is -2.11. The maximum atomic E-state index is 12.0. The molecule has 0 radical (unpaired) electrons. The second-order valence-corrected chi connectivity index (χ2v) is 8.38. The van der Waals surface area contributed by atoms with Crippen molar-refractivity contribution in [1.29, 1.82) is 0 Å². The number of ether oxygens (including phenoxy) is 2. The SMILES string of the molecule is CCCCCCCNC(=O)COc1ccc(O)c(Oc2ccc3nc(C)sc3c2)c1. The molecule has 3 rings (SSSR count). The molecule has 0 aliphatic heterocycles. The molecular weight excluding hydrogens is 400 g/mol. The Bertz CT molecular complexity index is 986. The topological polar surface area (TPSA) is 80.7 Å².